The number of rotatable bonds is 4. The van der Waals surface area contributed by atoms with Crippen molar-refractivity contribution in [1.82, 2.24) is 0 Å². The van der Waals surface area contributed by atoms with Gasteiger partial charge in [-0.15, -0.1) is 23.7 Å². The van der Waals surface area contributed by atoms with Crippen LogP contribution in [-0.4, -0.2) is 25.2 Å². The van der Waals surface area contributed by atoms with Gasteiger partial charge in [-0.25, -0.2) is 4.79 Å². The molecule has 1 aromatic heterocycles. The van der Waals surface area contributed by atoms with E-state index in [1.54, 1.807) is 0 Å². The second kappa shape index (κ2) is 9.46. The molecule has 28 heavy (non-hydrogen) atoms. The second-order valence-electron chi connectivity index (χ2n) is 6.63. The highest BCUT2D eigenvalue weighted by molar-refractivity contribution is 7.19. The lowest BCUT2D eigenvalue weighted by atomic mass is 10.1. The largest absolute Gasteiger partial charge is 0.457 e. The van der Waals surface area contributed by atoms with E-state index in [-0.39, 0.29) is 24.5 Å². The Morgan fingerprint density at radius 1 is 1.04 bits per heavy atom. The van der Waals surface area contributed by atoms with Crippen molar-refractivity contribution in [2.45, 2.75) is 18.9 Å². The lowest BCUT2D eigenvalue weighted by molar-refractivity contribution is 0.0270. The predicted octanol–water partition coefficient (Wildman–Crippen LogP) is 6.32. The number of piperidine rings is 1. The van der Waals surface area contributed by atoms with Crippen molar-refractivity contribution in [2.75, 3.05) is 18.0 Å². The Kier molecular flexibility index (Phi) is 7.00. The van der Waals surface area contributed by atoms with Gasteiger partial charge in [-0.1, -0.05) is 41.9 Å². The summed E-state index contributed by atoms with van der Waals surface area (Å²) in [4.78, 5) is 15.9. The van der Waals surface area contributed by atoms with Crippen LogP contribution >= 0.6 is 35.3 Å². The number of thiophene rings is 1. The molecular weight excluding hydrogens is 413 g/mol. The Morgan fingerprint density at radius 3 is 2.46 bits per heavy atom. The average molecular weight is 434 g/mol. The fourth-order valence-electron chi connectivity index (χ4n) is 3.37. The number of benzene rings is 2. The van der Waals surface area contributed by atoms with E-state index in [1.165, 1.54) is 17.0 Å². The van der Waals surface area contributed by atoms with Crippen molar-refractivity contribution >= 4 is 47.0 Å². The van der Waals surface area contributed by atoms with E-state index in [1.807, 2.05) is 54.6 Å². The van der Waals surface area contributed by atoms with Crippen molar-refractivity contribution in [3.8, 4) is 10.4 Å². The summed E-state index contributed by atoms with van der Waals surface area (Å²) in [5.74, 6) is -0.259. The molecule has 6 heteroatoms. The zero-order chi connectivity index (χ0) is 18.6. The van der Waals surface area contributed by atoms with Gasteiger partial charge in [-0.3, -0.25) is 0 Å². The number of halogens is 2. The SMILES string of the molecule is Cl.O=C(OC1CCCN(c2ccccc2)C1)c1ccc(-c2ccc(Cl)s2)cc1. The topological polar surface area (TPSA) is 29.5 Å². The number of anilines is 1. The van der Waals surface area contributed by atoms with E-state index in [0.29, 0.717) is 5.56 Å². The number of carbonyl (C=O) groups excluding carboxylic acids is 1. The van der Waals surface area contributed by atoms with E-state index in [4.69, 9.17) is 16.3 Å². The molecule has 1 aliphatic rings. The van der Waals surface area contributed by atoms with Crippen LogP contribution in [0.1, 0.15) is 23.2 Å². The molecule has 3 nitrogen and oxygen atoms in total. The number of hydrogen-bond acceptors (Lipinski definition) is 4. The first kappa shape index (κ1) is 20.7. The molecule has 146 valence electrons. The first-order chi connectivity index (χ1) is 13.2. The highest BCUT2D eigenvalue weighted by Gasteiger charge is 2.23. The van der Waals surface area contributed by atoms with Gasteiger partial charge >= 0.3 is 5.97 Å². The van der Waals surface area contributed by atoms with E-state index in [0.717, 1.165) is 40.7 Å². The minimum atomic E-state index is -0.259. The van der Waals surface area contributed by atoms with Gasteiger partial charge in [0.25, 0.3) is 0 Å². The third kappa shape index (κ3) is 4.88. The van der Waals surface area contributed by atoms with E-state index >= 15 is 0 Å². The van der Waals surface area contributed by atoms with Gasteiger partial charge < -0.3 is 9.64 Å². The van der Waals surface area contributed by atoms with Gasteiger partial charge in [0.2, 0.25) is 0 Å². The van der Waals surface area contributed by atoms with Crippen LogP contribution in [0, 0.1) is 0 Å². The molecule has 3 aromatic rings. The van der Waals surface area contributed by atoms with Gasteiger partial charge in [0.05, 0.1) is 16.4 Å². The molecule has 2 heterocycles. The fraction of sp³-hybridized carbons (Fsp3) is 0.227. The smallest absolute Gasteiger partial charge is 0.338 e. The van der Waals surface area contributed by atoms with Crippen LogP contribution in [0.3, 0.4) is 0 Å². The minimum absolute atomic E-state index is 0. The first-order valence-electron chi connectivity index (χ1n) is 9.06. The molecule has 0 aliphatic carbocycles. The normalized spacial score (nSPS) is 16.3. The molecular formula is C22H21Cl2NO2S. The zero-order valence-electron chi connectivity index (χ0n) is 15.2. The summed E-state index contributed by atoms with van der Waals surface area (Å²) in [5, 5.41) is 0. The third-order valence-corrected chi connectivity index (χ3v) is 6.03. The maximum Gasteiger partial charge on any atom is 0.338 e. The Bertz CT molecular complexity index is 912. The Labute approximate surface area is 180 Å². The summed E-state index contributed by atoms with van der Waals surface area (Å²) in [6.07, 6.45) is 1.84. The highest BCUT2D eigenvalue weighted by Crippen LogP contribution is 2.31. The molecule has 0 spiro atoms. The Hall–Kier alpha value is -2.01. The van der Waals surface area contributed by atoms with Crippen LogP contribution in [0.4, 0.5) is 5.69 Å². The van der Waals surface area contributed by atoms with Crippen molar-refractivity contribution < 1.29 is 9.53 Å². The number of ether oxygens (including phenoxy) is 1. The predicted molar refractivity (Wildman–Crippen MR) is 119 cm³/mol. The van der Waals surface area contributed by atoms with Gasteiger partial charge in [0.1, 0.15) is 6.10 Å². The molecule has 1 aliphatic heterocycles. The minimum Gasteiger partial charge on any atom is -0.457 e. The van der Waals surface area contributed by atoms with Gasteiger partial charge in [-0.2, -0.15) is 0 Å². The number of esters is 1. The van der Waals surface area contributed by atoms with Crippen LogP contribution in [0.5, 0.6) is 0 Å². The number of nitrogens with zero attached hydrogens (tertiary/aromatic N) is 1. The van der Waals surface area contributed by atoms with Crippen LogP contribution in [0.2, 0.25) is 4.34 Å². The van der Waals surface area contributed by atoms with Crippen molar-refractivity contribution in [3.63, 3.8) is 0 Å². The molecule has 0 bridgehead atoms. The maximum absolute atomic E-state index is 12.5. The fourth-order valence-corrected chi connectivity index (χ4v) is 4.42. The van der Waals surface area contributed by atoms with Crippen LogP contribution in [0.25, 0.3) is 10.4 Å². The summed E-state index contributed by atoms with van der Waals surface area (Å²) >= 11 is 7.52. The first-order valence-corrected chi connectivity index (χ1v) is 10.3. The second-order valence-corrected chi connectivity index (χ2v) is 8.35. The molecule has 0 saturated carbocycles. The molecule has 0 radical (unpaired) electrons. The van der Waals surface area contributed by atoms with E-state index in [9.17, 15) is 4.79 Å². The lowest BCUT2D eigenvalue weighted by Gasteiger charge is -2.34. The summed E-state index contributed by atoms with van der Waals surface area (Å²) in [6.45, 7) is 1.73. The van der Waals surface area contributed by atoms with Crippen LogP contribution in [0.15, 0.2) is 66.7 Å². The molecule has 1 unspecified atom stereocenters. The monoisotopic (exact) mass is 433 g/mol. The van der Waals surface area contributed by atoms with E-state index < -0.39 is 0 Å². The quantitative estimate of drug-likeness (QED) is 0.451. The van der Waals surface area contributed by atoms with Crippen molar-refractivity contribution in [3.05, 3.63) is 76.6 Å². The molecule has 0 N–H and O–H groups in total. The van der Waals surface area contributed by atoms with Crippen LogP contribution < -0.4 is 4.90 Å². The third-order valence-electron chi connectivity index (χ3n) is 4.75. The molecule has 2 aromatic carbocycles. The Morgan fingerprint density at radius 2 is 1.79 bits per heavy atom. The van der Waals surface area contributed by atoms with Gasteiger partial charge in [-0.05, 0) is 54.8 Å². The van der Waals surface area contributed by atoms with Crippen LogP contribution in [-0.2, 0) is 4.74 Å². The maximum atomic E-state index is 12.5. The lowest BCUT2D eigenvalue weighted by Crippen LogP contribution is -2.40. The molecule has 1 fully saturated rings. The number of carbonyl (C=O) groups is 1. The number of hydrogen-bond donors (Lipinski definition) is 0. The molecule has 1 atom stereocenters. The van der Waals surface area contributed by atoms with Gasteiger partial charge in [0, 0.05) is 17.1 Å². The van der Waals surface area contributed by atoms with E-state index in [2.05, 4.69) is 17.0 Å². The Balaban J connectivity index is 0.00000225. The average Bonchev–Trinajstić information content (AvgIpc) is 3.15. The van der Waals surface area contributed by atoms with Gasteiger partial charge in [0.15, 0.2) is 0 Å². The summed E-state index contributed by atoms with van der Waals surface area (Å²) in [6, 6.07) is 21.7. The number of para-hydroxylation sites is 1. The highest BCUT2D eigenvalue weighted by atomic mass is 35.5. The summed E-state index contributed by atoms with van der Waals surface area (Å²) in [5.41, 5.74) is 2.81. The molecule has 4 rings (SSSR count). The van der Waals surface area contributed by atoms with Crippen molar-refractivity contribution in [2.24, 2.45) is 0 Å². The molecule has 0 amide bonds. The summed E-state index contributed by atoms with van der Waals surface area (Å²) < 4.78 is 6.54. The standard InChI is InChI=1S/C22H20ClNO2S.ClH/c23-21-13-12-20(27-21)16-8-10-17(11-9-16)22(25)26-19-7-4-14-24(15-19)18-5-2-1-3-6-18;/h1-3,5-6,8-13,19H,4,7,14-15H2;1H. The molecule has 1 saturated heterocycles. The summed E-state index contributed by atoms with van der Waals surface area (Å²) in [7, 11) is 0. The zero-order valence-corrected chi connectivity index (χ0v) is 17.6. The van der Waals surface area contributed by atoms with Crippen molar-refractivity contribution in [1.29, 1.82) is 0 Å².